The molecule has 0 aromatic carbocycles. The highest BCUT2D eigenvalue weighted by atomic mass is 35.5. The molecule has 0 amide bonds. The van der Waals surface area contributed by atoms with E-state index in [0.29, 0.717) is 6.42 Å². The van der Waals surface area contributed by atoms with Crippen LogP contribution in [0.3, 0.4) is 0 Å². The summed E-state index contributed by atoms with van der Waals surface area (Å²) in [5.41, 5.74) is -0.795. The number of rotatable bonds is 1. The van der Waals surface area contributed by atoms with Crippen molar-refractivity contribution in [1.82, 2.24) is 0 Å². The summed E-state index contributed by atoms with van der Waals surface area (Å²) in [6, 6.07) is 0. The summed E-state index contributed by atoms with van der Waals surface area (Å²) in [6.45, 7) is 0. The third-order valence-electron chi connectivity index (χ3n) is 2.68. The van der Waals surface area contributed by atoms with Crippen LogP contribution in [0.1, 0.15) is 6.42 Å². The van der Waals surface area contributed by atoms with Crippen molar-refractivity contribution in [2.75, 3.05) is 0 Å². The smallest absolute Gasteiger partial charge is 0.429 e. The number of carboxylic acids is 1. The van der Waals surface area contributed by atoms with E-state index in [0.717, 1.165) is 6.08 Å². The van der Waals surface area contributed by atoms with Crippen molar-refractivity contribution in [3.05, 3.63) is 34.6 Å². The van der Waals surface area contributed by atoms with Crippen molar-refractivity contribution in [2.24, 2.45) is 5.92 Å². The maximum absolute atomic E-state index is 12.7. The zero-order valence-electron chi connectivity index (χ0n) is 8.87. The van der Waals surface area contributed by atoms with Crippen LogP contribution in [-0.2, 0) is 9.53 Å². The summed E-state index contributed by atoms with van der Waals surface area (Å²) >= 11 is 5.76. The molecular formula is C11H8ClF3O3. The standard InChI is InChI=1S/C11H8ClF3O3/c12-7-3-1-2-5-4-6(10(16)17)9(11(13,14)15)18-8(5)7/h1,3-5,9H,2H2,(H,16,17). The van der Waals surface area contributed by atoms with Crippen LogP contribution in [-0.4, -0.2) is 23.4 Å². The number of halogens is 4. The molecule has 18 heavy (non-hydrogen) atoms. The molecule has 2 atom stereocenters. The first-order chi connectivity index (χ1) is 8.30. The zero-order chi connectivity index (χ0) is 13.5. The molecule has 0 bridgehead atoms. The number of carbonyl (C=O) groups is 1. The van der Waals surface area contributed by atoms with E-state index >= 15 is 0 Å². The van der Waals surface area contributed by atoms with Crippen LogP contribution in [0.2, 0.25) is 0 Å². The number of allylic oxidation sites excluding steroid dienone is 4. The minimum atomic E-state index is -4.79. The molecule has 2 aliphatic rings. The highest BCUT2D eigenvalue weighted by Crippen LogP contribution is 2.41. The Kier molecular flexibility index (Phi) is 3.14. The van der Waals surface area contributed by atoms with Crippen molar-refractivity contribution in [3.63, 3.8) is 0 Å². The van der Waals surface area contributed by atoms with Crippen LogP contribution in [0.25, 0.3) is 0 Å². The first kappa shape index (κ1) is 13.0. The van der Waals surface area contributed by atoms with E-state index in [9.17, 15) is 18.0 Å². The van der Waals surface area contributed by atoms with E-state index in [-0.39, 0.29) is 10.8 Å². The molecule has 1 heterocycles. The number of aliphatic carboxylic acids is 1. The van der Waals surface area contributed by atoms with Gasteiger partial charge in [0, 0.05) is 5.92 Å². The number of alkyl halides is 3. The average molecular weight is 281 g/mol. The summed E-state index contributed by atoms with van der Waals surface area (Å²) in [7, 11) is 0. The van der Waals surface area contributed by atoms with Gasteiger partial charge in [0.15, 0.2) is 0 Å². The fraction of sp³-hybridized carbons (Fsp3) is 0.364. The van der Waals surface area contributed by atoms with Crippen molar-refractivity contribution in [2.45, 2.75) is 18.7 Å². The van der Waals surface area contributed by atoms with Gasteiger partial charge < -0.3 is 9.84 Å². The lowest BCUT2D eigenvalue weighted by molar-refractivity contribution is -0.203. The highest BCUT2D eigenvalue weighted by molar-refractivity contribution is 6.31. The largest absolute Gasteiger partial charge is 0.478 e. The van der Waals surface area contributed by atoms with Gasteiger partial charge in [-0.25, -0.2) is 4.79 Å². The minimum Gasteiger partial charge on any atom is -0.478 e. The highest BCUT2D eigenvalue weighted by Gasteiger charge is 2.50. The monoisotopic (exact) mass is 280 g/mol. The van der Waals surface area contributed by atoms with Gasteiger partial charge >= 0.3 is 12.1 Å². The number of carboxylic acid groups (broad SMARTS) is 1. The molecule has 2 unspecified atom stereocenters. The molecule has 98 valence electrons. The van der Waals surface area contributed by atoms with Crippen molar-refractivity contribution in [1.29, 1.82) is 0 Å². The Hall–Kier alpha value is -1.43. The first-order valence-electron chi connectivity index (χ1n) is 5.05. The quantitative estimate of drug-likeness (QED) is 0.803. The van der Waals surface area contributed by atoms with Crippen molar-refractivity contribution < 1.29 is 27.8 Å². The second-order valence-corrected chi connectivity index (χ2v) is 4.33. The molecule has 0 saturated carbocycles. The number of fused-ring (bicyclic) bond motifs is 1. The van der Waals surface area contributed by atoms with Gasteiger partial charge in [-0.3, -0.25) is 0 Å². The van der Waals surface area contributed by atoms with Gasteiger partial charge in [-0.05, 0) is 12.5 Å². The SMILES string of the molecule is O=C(O)C1=CC2CC=CC(Cl)=C2OC1C(F)(F)F. The van der Waals surface area contributed by atoms with Gasteiger partial charge in [0.25, 0.3) is 0 Å². The van der Waals surface area contributed by atoms with Gasteiger partial charge in [0.05, 0.1) is 10.6 Å². The minimum absolute atomic E-state index is 0.0218. The third-order valence-corrected chi connectivity index (χ3v) is 2.99. The Bertz CT molecular complexity index is 476. The van der Waals surface area contributed by atoms with Crippen LogP contribution in [0.4, 0.5) is 13.2 Å². The van der Waals surface area contributed by atoms with E-state index in [2.05, 4.69) is 0 Å². The Morgan fingerprint density at radius 1 is 1.50 bits per heavy atom. The van der Waals surface area contributed by atoms with Crippen LogP contribution >= 0.6 is 11.6 Å². The van der Waals surface area contributed by atoms with Crippen LogP contribution < -0.4 is 0 Å². The molecule has 2 rings (SSSR count). The normalized spacial score (nSPS) is 27.4. The van der Waals surface area contributed by atoms with Crippen LogP contribution in [0.15, 0.2) is 34.6 Å². The Morgan fingerprint density at radius 3 is 2.72 bits per heavy atom. The number of hydrogen-bond donors (Lipinski definition) is 1. The summed E-state index contributed by atoms with van der Waals surface area (Å²) in [5, 5.41) is 8.88. The molecule has 1 N–H and O–H groups in total. The summed E-state index contributed by atoms with van der Waals surface area (Å²) < 4.78 is 42.9. The Labute approximate surface area is 105 Å². The molecule has 1 aliphatic carbocycles. The average Bonchev–Trinajstić information content (AvgIpc) is 2.26. The van der Waals surface area contributed by atoms with E-state index in [1.165, 1.54) is 6.08 Å². The maximum atomic E-state index is 12.7. The second-order valence-electron chi connectivity index (χ2n) is 3.92. The first-order valence-corrected chi connectivity index (χ1v) is 5.43. The molecule has 3 nitrogen and oxygen atoms in total. The van der Waals surface area contributed by atoms with Crippen LogP contribution in [0.5, 0.6) is 0 Å². The molecule has 1 aliphatic heterocycles. The van der Waals surface area contributed by atoms with Gasteiger partial charge in [0.1, 0.15) is 5.76 Å². The third kappa shape index (κ3) is 2.25. The van der Waals surface area contributed by atoms with Crippen molar-refractivity contribution >= 4 is 17.6 Å². The van der Waals surface area contributed by atoms with Crippen LogP contribution in [0, 0.1) is 5.92 Å². The summed E-state index contributed by atoms with van der Waals surface area (Å²) in [4.78, 5) is 10.9. The molecule has 0 aromatic heterocycles. The molecule has 0 spiro atoms. The van der Waals surface area contributed by atoms with Gasteiger partial charge in [-0.15, -0.1) is 0 Å². The Morgan fingerprint density at radius 2 is 2.17 bits per heavy atom. The predicted octanol–water partition coefficient (Wildman–Crippen LogP) is 2.99. The maximum Gasteiger partial charge on any atom is 0.429 e. The number of ether oxygens (including phenoxy) is 1. The molecule has 0 aromatic rings. The predicted molar refractivity (Wildman–Crippen MR) is 56.8 cm³/mol. The van der Waals surface area contributed by atoms with Crippen molar-refractivity contribution in [3.8, 4) is 0 Å². The fourth-order valence-corrected chi connectivity index (χ4v) is 2.17. The molecule has 7 heteroatoms. The molecule has 0 radical (unpaired) electrons. The topological polar surface area (TPSA) is 46.5 Å². The van der Waals surface area contributed by atoms with E-state index in [1.807, 2.05) is 0 Å². The lowest BCUT2D eigenvalue weighted by Gasteiger charge is -2.32. The van der Waals surface area contributed by atoms with Gasteiger partial charge in [-0.2, -0.15) is 13.2 Å². The molecular weight excluding hydrogens is 273 g/mol. The second kappa shape index (κ2) is 4.35. The van der Waals surface area contributed by atoms with E-state index in [1.54, 1.807) is 6.08 Å². The summed E-state index contributed by atoms with van der Waals surface area (Å²) in [5.74, 6) is -2.21. The Balaban J connectivity index is 2.46. The lowest BCUT2D eigenvalue weighted by atomic mass is 9.91. The molecule has 0 saturated heterocycles. The summed E-state index contributed by atoms with van der Waals surface area (Å²) in [6.07, 6.45) is -2.73. The fourth-order valence-electron chi connectivity index (χ4n) is 1.89. The molecule has 0 fully saturated rings. The number of hydrogen-bond acceptors (Lipinski definition) is 2. The lowest BCUT2D eigenvalue weighted by Crippen LogP contribution is -2.40. The van der Waals surface area contributed by atoms with E-state index < -0.39 is 29.7 Å². The zero-order valence-corrected chi connectivity index (χ0v) is 9.63. The van der Waals surface area contributed by atoms with E-state index in [4.69, 9.17) is 21.4 Å². The van der Waals surface area contributed by atoms with Gasteiger partial charge in [-0.1, -0.05) is 23.8 Å². The van der Waals surface area contributed by atoms with Gasteiger partial charge in [0.2, 0.25) is 6.10 Å².